The SMILES string of the molecule is Nc1cc(O)ccc1C1CCc2cc(O)ccc2C1. The van der Waals surface area contributed by atoms with E-state index in [1.807, 2.05) is 18.2 Å². The summed E-state index contributed by atoms with van der Waals surface area (Å²) in [6, 6.07) is 10.8. The van der Waals surface area contributed by atoms with Crippen molar-refractivity contribution in [3.8, 4) is 11.5 Å². The van der Waals surface area contributed by atoms with Gasteiger partial charge in [0.05, 0.1) is 0 Å². The highest BCUT2D eigenvalue weighted by molar-refractivity contribution is 5.53. The predicted octanol–water partition coefficient (Wildman–Crippen LogP) is 2.95. The number of rotatable bonds is 1. The summed E-state index contributed by atoms with van der Waals surface area (Å²) in [5.41, 5.74) is 10.3. The standard InChI is InChI=1S/C16H17NO2/c17-16-9-14(19)5-6-15(16)12-2-1-11-8-13(18)4-3-10(11)7-12/h3-6,8-9,12,18-19H,1-2,7,17H2. The van der Waals surface area contributed by atoms with Crippen molar-refractivity contribution in [2.75, 3.05) is 5.73 Å². The second-order valence-electron chi connectivity index (χ2n) is 5.21. The average Bonchev–Trinajstić information content (AvgIpc) is 2.38. The van der Waals surface area contributed by atoms with Crippen LogP contribution in [0.1, 0.15) is 29.0 Å². The molecule has 3 rings (SSSR count). The minimum Gasteiger partial charge on any atom is -0.508 e. The van der Waals surface area contributed by atoms with Crippen molar-refractivity contribution in [1.82, 2.24) is 0 Å². The first kappa shape index (κ1) is 11.9. The summed E-state index contributed by atoms with van der Waals surface area (Å²) in [5.74, 6) is 0.932. The lowest BCUT2D eigenvalue weighted by molar-refractivity contribution is 0.471. The van der Waals surface area contributed by atoms with Crippen molar-refractivity contribution in [2.24, 2.45) is 0 Å². The molecule has 2 aromatic rings. The van der Waals surface area contributed by atoms with Crippen molar-refractivity contribution in [1.29, 1.82) is 0 Å². The zero-order valence-electron chi connectivity index (χ0n) is 10.6. The highest BCUT2D eigenvalue weighted by Gasteiger charge is 2.22. The molecule has 19 heavy (non-hydrogen) atoms. The fraction of sp³-hybridized carbons (Fsp3) is 0.250. The summed E-state index contributed by atoms with van der Waals surface area (Å²) in [4.78, 5) is 0. The monoisotopic (exact) mass is 255 g/mol. The van der Waals surface area contributed by atoms with Crippen LogP contribution in [0.3, 0.4) is 0 Å². The second-order valence-corrected chi connectivity index (χ2v) is 5.21. The fourth-order valence-electron chi connectivity index (χ4n) is 2.94. The van der Waals surface area contributed by atoms with Gasteiger partial charge in [-0.25, -0.2) is 0 Å². The number of phenolic OH excluding ortho intramolecular Hbond substituents is 2. The van der Waals surface area contributed by atoms with E-state index in [1.165, 1.54) is 11.1 Å². The van der Waals surface area contributed by atoms with E-state index < -0.39 is 0 Å². The maximum Gasteiger partial charge on any atom is 0.117 e. The number of fused-ring (bicyclic) bond motifs is 1. The van der Waals surface area contributed by atoms with E-state index in [-0.39, 0.29) is 5.75 Å². The van der Waals surface area contributed by atoms with Crippen molar-refractivity contribution >= 4 is 5.69 Å². The van der Waals surface area contributed by atoms with Crippen LogP contribution in [0, 0.1) is 0 Å². The van der Waals surface area contributed by atoms with Crippen LogP contribution in [-0.2, 0) is 12.8 Å². The fourth-order valence-corrected chi connectivity index (χ4v) is 2.94. The van der Waals surface area contributed by atoms with Crippen LogP contribution in [0.2, 0.25) is 0 Å². The van der Waals surface area contributed by atoms with Gasteiger partial charge in [-0.2, -0.15) is 0 Å². The molecule has 0 spiro atoms. The Labute approximate surface area is 112 Å². The minimum atomic E-state index is 0.211. The Bertz CT molecular complexity index is 622. The number of anilines is 1. The van der Waals surface area contributed by atoms with Gasteiger partial charge in [0, 0.05) is 11.8 Å². The van der Waals surface area contributed by atoms with Crippen LogP contribution >= 0.6 is 0 Å². The number of hydrogen-bond donors (Lipinski definition) is 3. The van der Waals surface area contributed by atoms with Gasteiger partial charge in [-0.1, -0.05) is 12.1 Å². The Morgan fingerprint density at radius 3 is 2.47 bits per heavy atom. The third-order valence-electron chi connectivity index (χ3n) is 3.93. The van der Waals surface area contributed by atoms with Gasteiger partial charge in [0.25, 0.3) is 0 Å². The van der Waals surface area contributed by atoms with Gasteiger partial charge in [0.2, 0.25) is 0 Å². The van der Waals surface area contributed by atoms with Crippen molar-refractivity contribution in [2.45, 2.75) is 25.2 Å². The molecule has 1 atom stereocenters. The molecule has 98 valence electrons. The summed E-state index contributed by atoms with van der Waals surface area (Å²) in [5, 5.41) is 18.9. The van der Waals surface area contributed by atoms with E-state index in [2.05, 4.69) is 0 Å². The Hall–Kier alpha value is -2.16. The molecule has 4 N–H and O–H groups in total. The lowest BCUT2D eigenvalue weighted by Crippen LogP contribution is -2.14. The van der Waals surface area contributed by atoms with Crippen LogP contribution in [-0.4, -0.2) is 10.2 Å². The molecule has 0 bridgehead atoms. The third-order valence-corrected chi connectivity index (χ3v) is 3.93. The normalized spacial score (nSPS) is 18.0. The Morgan fingerprint density at radius 1 is 0.947 bits per heavy atom. The van der Waals surface area contributed by atoms with Crippen LogP contribution in [0.25, 0.3) is 0 Å². The zero-order valence-corrected chi connectivity index (χ0v) is 10.6. The third kappa shape index (κ3) is 2.24. The molecular weight excluding hydrogens is 238 g/mol. The quantitative estimate of drug-likeness (QED) is 0.686. The number of nitrogens with two attached hydrogens (primary N) is 1. The highest BCUT2D eigenvalue weighted by atomic mass is 16.3. The number of hydrogen-bond acceptors (Lipinski definition) is 3. The van der Waals surface area contributed by atoms with Gasteiger partial charge in [-0.05, 0) is 60.1 Å². The molecule has 3 nitrogen and oxygen atoms in total. The lowest BCUT2D eigenvalue weighted by Gasteiger charge is -2.26. The number of phenols is 2. The van der Waals surface area contributed by atoms with Crippen LogP contribution in [0.4, 0.5) is 5.69 Å². The summed E-state index contributed by atoms with van der Waals surface area (Å²) >= 11 is 0. The van der Waals surface area contributed by atoms with Gasteiger partial charge >= 0.3 is 0 Å². The largest absolute Gasteiger partial charge is 0.508 e. The molecule has 2 aromatic carbocycles. The summed E-state index contributed by atoms with van der Waals surface area (Å²) in [6.45, 7) is 0. The zero-order chi connectivity index (χ0) is 13.4. The molecule has 0 heterocycles. The van der Waals surface area contributed by atoms with E-state index in [9.17, 15) is 10.2 Å². The number of aromatic hydroxyl groups is 2. The summed E-state index contributed by atoms with van der Waals surface area (Å²) in [6.07, 6.45) is 2.91. The lowest BCUT2D eigenvalue weighted by atomic mass is 9.79. The van der Waals surface area contributed by atoms with E-state index in [0.29, 0.717) is 17.4 Å². The average molecular weight is 255 g/mol. The number of nitrogen functional groups attached to an aromatic ring is 1. The molecule has 0 radical (unpaired) electrons. The van der Waals surface area contributed by atoms with Gasteiger partial charge < -0.3 is 15.9 Å². The second kappa shape index (κ2) is 4.50. The first-order valence-corrected chi connectivity index (χ1v) is 6.52. The van der Waals surface area contributed by atoms with Gasteiger partial charge in [-0.15, -0.1) is 0 Å². The van der Waals surface area contributed by atoms with Crippen LogP contribution in [0.15, 0.2) is 36.4 Å². The number of aryl methyl sites for hydroxylation is 1. The predicted molar refractivity (Wildman–Crippen MR) is 75.4 cm³/mol. The smallest absolute Gasteiger partial charge is 0.117 e. The Balaban J connectivity index is 1.91. The van der Waals surface area contributed by atoms with Gasteiger partial charge in [0.15, 0.2) is 0 Å². The van der Waals surface area contributed by atoms with Crippen molar-refractivity contribution < 1.29 is 10.2 Å². The Morgan fingerprint density at radius 2 is 1.68 bits per heavy atom. The topological polar surface area (TPSA) is 66.5 Å². The van der Waals surface area contributed by atoms with Gasteiger partial charge in [0.1, 0.15) is 11.5 Å². The molecular formula is C16H17NO2. The van der Waals surface area contributed by atoms with Crippen molar-refractivity contribution in [3.63, 3.8) is 0 Å². The molecule has 1 aliphatic carbocycles. The first-order valence-electron chi connectivity index (χ1n) is 6.52. The van der Waals surface area contributed by atoms with E-state index in [0.717, 1.165) is 24.8 Å². The van der Waals surface area contributed by atoms with Crippen LogP contribution in [0.5, 0.6) is 11.5 Å². The minimum absolute atomic E-state index is 0.211. The molecule has 0 saturated heterocycles. The van der Waals surface area contributed by atoms with E-state index >= 15 is 0 Å². The molecule has 0 aliphatic heterocycles. The molecule has 0 saturated carbocycles. The van der Waals surface area contributed by atoms with E-state index in [1.54, 1.807) is 18.2 Å². The summed E-state index contributed by atoms with van der Waals surface area (Å²) < 4.78 is 0. The van der Waals surface area contributed by atoms with Gasteiger partial charge in [-0.3, -0.25) is 0 Å². The molecule has 0 fully saturated rings. The van der Waals surface area contributed by atoms with Crippen molar-refractivity contribution in [3.05, 3.63) is 53.1 Å². The maximum absolute atomic E-state index is 9.50. The molecule has 3 heteroatoms. The maximum atomic E-state index is 9.50. The Kier molecular flexibility index (Phi) is 2.82. The number of benzene rings is 2. The highest BCUT2D eigenvalue weighted by Crippen LogP contribution is 2.37. The molecule has 0 aromatic heterocycles. The molecule has 0 amide bonds. The van der Waals surface area contributed by atoms with E-state index in [4.69, 9.17) is 5.73 Å². The summed E-state index contributed by atoms with van der Waals surface area (Å²) in [7, 11) is 0. The molecule has 1 aliphatic rings. The van der Waals surface area contributed by atoms with Crippen LogP contribution < -0.4 is 5.73 Å². The first-order chi connectivity index (χ1) is 9.13. The molecule has 1 unspecified atom stereocenters.